The van der Waals surface area contributed by atoms with Crippen LogP contribution in [0.25, 0.3) is 0 Å². The molecule has 0 spiro atoms. The first kappa shape index (κ1) is 16.3. The SMILES string of the molecule is CSCCC(=O)N1CCN(C[C@@H](O)c2ccccc2)CC1. The van der Waals surface area contributed by atoms with Crippen molar-refractivity contribution < 1.29 is 9.90 Å². The van der Waals surface area contributed by atoms with E-state index in [9.17, 15) is 9.90 Å². The van der Waals surface area contributed by atoms with Crippen LogP contribution in [0.1, 0.15) is 18.1 Å². The molecule has 0 saturated carbocycles. The maximum atomic E-state index is 12.0. The lowest BCUT2D eigenvalue weighted by atomic mass is 10.1. The van der Waals surface area contributed by atoms with Crippen LogP contribution in [-0.2, 0) is 4.79 Å². The highest BCUT2D eigenvalue weighted by Crippen LogP contribution is 2.15. The third-order valence-electron chi connectivity index (χ3n) is 3.86. The number of thioether (sulfide) groups is 1. The molecule has 4 nitrogen and oxygen atoms in total. The molecule has 0 unspecified atom stereocenters. The number of carbonyl (C=O) groups excluding carboxylic acids is 1. The van der Waals surface area contributed by atoms with E-state index < -0.39 is 6.10 Å². The van der Waals surface area contributed by atoms with Crippen LogP contribution >= 0.6 is 11.8 Å². The summed E-state index contributed by atoms with van der Waals surface area (Å²) in [7, 11) is 0. The number of benzene rings is 1. The third-order valence-corrected chi connectivity index (χ3v) is 4.47. The van der Waals surface area contributed by atoms with E-state index in [1.165, 1.54) is 0 Å². The van der Waals surface area contributed by atoms with Crippen molar-refractivity contribution in [3.63, 3.8) is 0 Å². The van der Waals surface area contributed by atoms with Gasteiger partial charge in [-0.1, -0.05) is 30.3 Å². The number of hydrogen-bond donors (Lipinski definition) is 1. The fourth-order valence-corrected chi connectivity index (χ4v) is 2.93. The Morgan fingerprint density at radius 3 is 2.52 bits per heavy atom. The zero-order chi connectivity index (χ0) is 15.1. The van der Waals surface area contributed by atoms with Crippen LogP contribution in [0.5, 0.6) is 0 Å². The summed E-state index contributed by atoms with van der Waals surface area (Å²) in [6.45, 7) is 3.87. The highest BCUT2D eigenvalue weighted by atomic mass is 32.2. The summed E-state index contributed by atoms with van der Waals surface area (Å²) in [6, 6.07) is 9.75. The topological polar surface area (TPSA) is 43.8 Å². The van der Waals surface area contributed by atoms with Crippen LogP contribution in [0.15, 0.2) is 30.3 Å². The molecule has 0 radical (unpaired) electrons. The van der Waals surface area contributed by atoms with Crippen molar-refractivity contribution in [3.05, 3.63) is 35.9 Å². The largest absolute Gasteiger partial charge is 0.387 e. The molecule has 1 saturated heterocycles. The molecule has 0 aliphatic carbocycles. The number of amides is 1. The van der Waals surface area contributed by atoms with Crippen molar-refractivity contribution in [2.24, 2.45) is 0 Å². The first-order valence-electron chi connectivity index (χ1n) is 7.43. The number of hydrogen-bond acceptors (Lipinski definition) is 4. The van der Waals surface area contributed by atoms with Gasteiger partial charge in [-0.05, 0) is 11.8 Å². The summed E-state index contributed by atoms with van der Waals surface area (Å²) in [4.78, 5) is 16.1. The predicted octanol–water partition coefficient (Wildman–Crippen LogP) is 1.62. The number of aliphatic hydroxyl groups is 1. The standard InChI is InChI=1S/C16H24N2O2S/c1-21-12-7-16(20)18-10-8-17(9-11-18)13-15(19)14-5-3-2-4-6-14/h2-6,15,19H,7-13H2,1H3/t15-/m1/s1. The number of nitrogens with zero attached hydrogens (tertiary/aromatic N) is 2. The van der Waals surface area contributed by atoms with Gasteiger partial charge in [0.1, 0.15) is 0 Å². The van der Waals surface area contributed by atoms with Crippen molar-refractivity contribution in [1.82, 2.24) is 9.80 Å². The lowest BCUT2D eigenvalue weighted by molar-refractivity contribution is -0.132. The molecular formula is C16H24N2O2S. The van der Waals surface area contributed by atoms with Gasteiger partial charge in [0.15, 0.2) is 0 Å². The Hall–Kier alpha value is -1.04. The predicted molar refractivity (Wildman–Crippen MR) is 87.4 cm³/mol. The summed E-state index contributed by atoms with van der Waals surface area (Å²) >= 11 is 1.71. The minimum Gasteiger partial charge on any atom is -0.387 e. The van der Waals surface area contributed by atoms with Gasteiger partial charge in [0.2, 0.25) is 5.91 Å². The number of carbonyl (C=O) groups is 1. The van der Waals surface area contributed by atoms with Gasteiger partial charge in [0.05, 0.1) is 6.10 Å². The maximum Gasteiger partial charge on any atom is 0.223 e. The number of aliphatic hydroxyl groups excluding tert-OH is 1. The minimum atomic E-state index is -0.454. The monoisotopic (exact) mass is 308 g/mol. The highest BCUT2D eigenvalue weighted by molar-refractivity contribution is 7.98. The van der Waals surface area contributed by atoms with Gasteiger partial charge in [-0.2, -0.15) is 11.8 Å². The van der Waals surface area contributed by atoms with Crippen molar-refractivity contribution in [3.8, 4) is 0 Å². The maximum absolute atomic E-state index is 12.0. The van der Waals surface area contributed by atoms with Crippen LogP contribution in [0.3, 0.4) is 0 Å². The molecule has 2 rings (SSSR count). The van der Waals surface area contributed by atoms with Crippen molar-refractivity contribution in [2.75, 3.05) is 44.7 Å². The van der Waals surface area contributed by atoms with E-state index >= 15 is 0 Å². The smallest absolute Gasteiger partial charge is 0.223 e. The van der Waals surface area contributed by atoms with E-state index in [1.54, 1.807) is 11.8 Å². The molecular weight excluding hydrogens is 284 g/mol. The van der Waals surface area contributed by atoms with Gasteiger partial charge in [-0.15, -0.1) is 0 Å². The summed E-state index contributed by atoms with van der Waals surface area (Å²) in [6.07, 6.45) is 2.20. The molecule has 1 amide bonds. The molecule has 1 N–H and O–H groups in total. The number of rotatable bonds is 6. The molecule has 1 aromatic carbocycles. The highest BCUT2D eigenvalue weighted by Gasteiger charge is 2.22. The molecule has 1 heterocycles. The van der Waals surface area contributed by atoms with E-state index in [1.807, 2.05) is 41.5 Å². The Morgan fingerprint density at radius 1 is 1.24 bits per heavy atom. The first-order chi connectivity index (χ1) is 10.2. The summed E-state index contributed by atoms with van der Waals surface area (Å²) < 4.78 is 0. The zero-order valence-corrected chi connectivity index (χ0v) is 13.4. The van der Waals surface area contributed by atoms with Crippen LogP contribution in [0, 0.1) is 0 Å². The summed E-state index contributed by atoms with van der Waals surface area (Å²) in [5.41, 5.74) is 0.955. The molecule has 1 aromatic rings. The molecule has 1 fully saturated rings. The van der Waals surface area contributed by atoms with Crippen LogP contribution in [0.4, 0.5) is 0 Å². The summed E-state index contributed by atoms with van der Waals surface area (Å²) in [5.74, 6) is 1.15. The molecule has 0 aromatic heterocycles. The van der Waals surface area contributed by atoms with Crippen molar-refractivity contribution in [2.45, 2.75) is 12.5 Å². The van der Waals surface area contributed by atoms with Crippen LogP contribution < -0.4 is 0 Å². The fourth-order valence-electron chi connectivity index (χ4n) is 2.55. The van der Waals surface area contributed by atoms with E-state index in [4.69, 9.17) is 0 Å². The third kappa shape index (κ3) is 5.02. The van der Waals surface area contributed by atoms with Gasteiger partial charge in [-0.3, -0.25) is 9.69 Å². The number of β-amino-alcohol motifs (C(OH)–C–C–N with tert-alkyl or cyclic N) is 1. The van der Waals surface area contributed by atoms with Crippen LogP contribution in [0.2, 0.25) is 0 Å². The van der Waals surface area contributed by atoms with Crippen LogP contribution in [-0.4, -0.2) is 65.5 Å². The second-order valence-corrected chi connectivity index (χ2v) is 6.34. The van der Waals surface area contributed by atoms with Gasteiger partial charge < -0.3 is 10.0 Å². The Balaban J connectivity index is 1.75. The Labute approximate surface area is 131 Å². The van der Waals surface area contributed by atoms with Gasteiger partial charge in [0, 0.05) is 44.9 Å². The molecule has 1 aliphatic heterocycles. The van der Waals surface area contributed by atoms with E-state index in [2.05, 4.69) is 4.90 Å². The average molecular weight is 308 g/mol. The van der Waals surface area contributed by atoms with Crippen molar-refractivity contribution in [1.29, 1.82) is 0 Å². The minimum absolute atomic E-state index is 0.257. The Bertz CT molecular complexity index is 433. The average Bonchev–Trinajstić information content (AvgIpc) is 2.54. The molecule has 21 heavy (non-hydrogen) atoms. The number of piperazine rings is 1. The zero-order valence-electron chi connectivity index (χ0n) is 12.6. The van der Waals surface area contributed by atoms with Crippen molar-refractivity contribution >= 4 is 17.7 Å². The molecule has 1 aliphatic rings. The summed E-state index contributed by atoms with van der Waals surface area (Å²) in [5, 5.41) is 10.2. The first-order valence-corrected chi connectivity index (χ1v) is 8.82. The van der Waals surface area contributed by atoms with Gasteiger partial charge in [0.25, 0.3) is 0 Å². The molecule has 0 bridgehead atoms. The quantitative estimate of drug-likeness (QED) is 0.867. The van der Waals surface area contributed by atoms with E-state index in [-0.39, 0.29) is 5.91 Å². The molecule has 1 atom stereocenters. The van der Waals surface area contributed by atoms with Gasteiger partial charge >= 0.3 is 0 Å². The lowest BCUT2D eigenvalue weighted by Gasteiger charge is -2.35. The van der Waals surface area contributed by atoms with E-state index in [0.717, 1.165) is 37.5 Å². The van der Waals surface area contributed by atoms with Gasteiger partial charge in [-0.25, -0.2) is 0 Å². The Morgan fingerprint density at radius 2 is 1.90 bits per heavy atom. The fraction of sp³-hybridized carbons (Fsp3) is 0.562. The molecule has 5 heteroatoms. The molecule has 116 valence electrons. The van der Waals surface area contributed by atoms with E-state index in [0.29, 0.717) is 13.0 Å². The second kappa shape index (κ2) is 8.41. The Kier molecular flexibility index (Phi) is 6.54. The second-order valence-electron chi connectivity index (χ2n) is 5.35. The normalized spacial score (nSPS) is 17.7. The lowest BCUT2D eigenvalue weighted by Crippen LogP contribution is -2.49.